The van der Waals surface area contributed by atoms with Crippen LogP contribution in [-0.2, 0) is 6.54 Å². The molecule has 1 aromatic rings. The molecule has 2 nitrogen and oxygen atoms in total. The SMILES string of the molecule is CCC(NCc1cc(O)cc(F)c1)C1CCCCC1. The smallest absolute Gasteiger partial charge is 0.127 e. The molecule has 1 unspecified atom stereocenters. The van der Waals surface area contributed by atoms with E-state index in [4.69, 9.17) is 0 Å². The highest BCUT2D eigenvalue weighted by molar-refractivity contribution is 5.28. The zero-order chi connectivity index (χ0) is 13.7. The minimum absolute atomic E-state index is 0.00233. The highest BCUT2D eigenvalue weighted by Gasteiger charge is 2.21. The zero-order valence-electron chi connectivity index (χ0n) is 11.7. The molecule has 0 saturated heterocycles. The Kier molecular flexibility index (Phi) is 5.20. The minimum atomic E-state index is -0.373. The Labute approximate surface area is 115 Å². The lowest BCUT2D eigenvalue weighted by molar-refractivity contribution is 0.261. The van der Waals surface area contributed by atoms with Gasteiger partial charge in [0, 0.05) is 18.7 Å². The number of hydrogen-bond donors (Lipinski definition) is 2. The van der Waals surface area contributed by atoms with Gasteiger partial charge in [0.1, 0.15) is 11.6 Å². The molecule has 1 aliphatic rings. The monoisotopic (exact) mass is 265 g/mol. The van der Waals surface area contributed by atoms with Crippen LogP contribution in [0, 0.1) is 11.7 Å². The van der Waals surface area contributed by atoms with Crippen molar-refractivity contribution in [2.75, 3.05) is 0 Å². The number of aromatic hydroxyl groups is 1. The molecule has 0 spiro atoms. The molecule has 1 atom stereocenters. The van der Waals surface area contributed by atoms with E-state index in [-0.39, 0.29) is 11.6 Å². The van der Waals surface area contributed by atoms with Crippen molar-refractivity contribution >= 4 is 0 Å². The number of nitrogens with one attached hydrogen (secondary N) is 1. The molecule has 106 valence electrons. The van der Waals surface area contributed by atoms with E-state index in [2.05, 4.69) is 12.2 Å². The van der Waals surface area contributed by atoms with Crippen LogP contribution in [0.5, 0.6) is 5.75 Å². The fraction of sp³-hybridized carbons (Fsp3) is 0.625. The van der Waals surface area contributed by atoms with Crippen LogP contribution >= 0.6 is 0 Å². The Morgan fingerprint density at radius 1 is 1.26 bits per heavy atom. The van der Waals surface area contributed by atoms with Crippen LogP contribution in [-0.4, -0.2) is 11.1 Å². The lowest BCUT2D eigenvalue weighted by Gasteiger charge is -2.30. The summed E-state index contributed by atoms with van der Waals surface area (Å²) in [5.74, 6) is 0.380. The van der Waals surface area contributed by atoms with Gasteiger partial charge in [0.25, 0.3) is 0 Å². The minimum Gasteiger partial charge on any atom is -0.508 e. The zero-order valence-corrected chi connectivity index (χ0v) is 11.7. The molecule has 19 heavy (non-hydrogen) atoms. The second kappa shape index (κ2) is 6.90. The van der Waals surface area contributed by atoms with Gasteiger partial charge in [-0.1, -0.05) is 26.2 Å². The maximum Gasteiger partial charge on any atom is 0.127 e. The largest absolute Gasteiger partial charge is 0.508 e. The predicted molar refractivity (Wildman–Crippen MR) is 75.6 cm³/mol. The second-order valence-corrected chi connectivity index (χ2v) is 5.61. The molecular weight excluding hydrogens is 241 g/mol. The van der Waals surface area contributed by atoms with Crippen LogP contribution in [0.3, 0.4) is 0 Å². The number of phenolic OH excluding ortho intramolecular Hbond substituents is 1. The van der Waals surface area contributed by atoms with Crippen LogP contribution < -0.4 is 5.32 Å². The van der Waals surface area contributed by atoms with Crippen molar-refractivity contribution in [2.45, 2.75) is 58.0 Å². The van der Waals surface area contributed by atoms with Gasteiger partial charge in [-0.15, -0.1) is 0 Å². The van der Waals surface area contributed by atoms with Gasteiger partial charge < -0.3 is 10.4 Å². The van der Waals surface area contributed by atoms with E-state index in [1.165, 1.54) is 38.2 Å². The standard InChI is InChI=1S/C16H24FNO/c1-2-16(13-6-4-3-5-7-13)18-11-12-8-14(17)10-15(19)9-12/h8-10,13,16,18-19H,2-7,11H2,1H3. The summed E-state index contributed by atoms with van der Waals surface area (Å²) in [7, 11) is 0. The average molecular weight is 265 g/mol. The van der Waals surface area contributed by atoms with Crippen LogP contribution in [0.2, 0.25) is 0 Å². The average Bonchev–Trinajstić information content (AvgIpc) is 2.39. The third-order valence-electron chi connectivity index (χ3n) is 4.17. The van der Waals surface area contributed by atoms with E-state index in [0.29, 0.717) is 12.6 Å². The van der Waals surface area contributed by atoms with Crippen LogP contribution in [0.4, 0.5) is 4.39 Å². The quantitative estimate of drug-likeness (QED) is 0.844. The molecule has 2 N–H and O–H groups in total. The lowest BCUT2D eigenvalue weighted by Crippen LogP contribution is -2.36. The summed E-state index contributed by atoms with van der Waals surface area (Å²) >= 11 is 0. The molecule has 1 aromatic carbocycles. The fourth-order valence-electron chi connectivity index (χ4n) is 3.17. The summed E-state index contributed by atoms with van der Waals surface area (Å²) in [6, 6.07) is 4.76. The van der Waals surface area contributed by atoms with E-state index in [9.17, 15) is 9.50 Å². The summed E-state index contributed by atoms with van der Waals surface area (Å²) in [6.45, 7) is 2.83. The lowest BCUT2D eigenvalue weighted by atomic mass is 9.83. The van der Waals surface area contributed by atoms with Crippen molar-refractivity contribution in [3.05, 3.63) is 29.6 Å². The molecule has 0 amide bonds. The van der Waals surface area contributed by atoms with Crippen molar-refractivity contribution in [2.24, 2.45) is 5.92 Å². The van der Waals surface area contributed by atoms with Crippen molar-refractivity contribution in [3.63, 3.8) is 0 Å². The Morgan fingerprint density at radius 3 is 2.63 bits per heavy atom. The fourth-order valence-corrected chi connectivity index (χ4v) is 3.17. The Balaban J connectivity index is 1.91. The van der Waals surface area contributed by atoms with Crippen molar-refractivity contribution in [3.8, 4) is 5.75 Å². The van der Waals surface area contributed by atoms with Gasteiger partial charge >= 0.3 is 0 Å². The topological polar surface area (TPSA) is 32.3 Å². The van der Waals surface area contributed by atoms with E-state index in [0.717, 1.165) is 24.0 Å². The molecule has 2 rings (SSSR count). The molecule has 1 fully saturated rings. The molecule has 0 aliphatic heterocycles. The summed E-state index contributed by atoms with van der Waals surface area (Å²) in [5.41, 5.74) is 0.812. The molecule has 1 saturated carbocycles. The number of hydrogen-bond acceptors (Lipinski definition) is 2. The van der Waals surface area contributed by atoms with Crippen molar-refractivity contribution < 1.29 is 9.50 Å². The van der Waals surface area contributed by atoms with Gasteiger partial charge in [-0.05, 0) is 42.9 Å². The Morgan fingerprint density at radius 2 is 2.00 bits per heavy atom. The van der Waals surface area contributed by atoms with E-state index in [1.807, 2.05) is 0 Å². The van der Waals surface area contributed by atoms with E-state index < -0.39 is 0 Å². The summed E-state index contributed by atoms with van der Waals surface area (Å²) in [6.07, 6.45) is 7.75. The first-order valence-electron chi connectivity index (χ1n) is 7.41. The normalized spacial score (nSPS) is 18.4. The molecule has 0 bridgehead atoms. The van der Waals surface area contributed by atoms with Gasteiger partial charge in [0.05, 0.1) is 0 Å². The second-order valence-electron chi connectivity index (χ2n) is 5.61. The van der Waals surface area contributed by atoms with Gasteiger partial charge in [0.2, 0.25) is 0 Å². The van der Waals surface area contributed by atoms with Gasteiger partial charge in [-0.25, -0.2) is 4.39 Å². The van der Waals surface area contributed by atoms with Crippen LogP contribution in [0.15, 0.2) is 18.2 Å². The molecular formula is C16H24FNO. The first kappa shape index (κ1) is 14.3. The van der Waals surface area contributed by atoms with Crippen molar-refractivity contribution in [1.29, 1.82) is 0 Å². The molecule has 0 aromatic heterocycles. The maximum absolute atomic E-state index is 13.2. The summed E-state index contributed by atoms with van der Waals surface area (Å²) in [5, 5.41) is 12.9. The highest BCUT2D eigenvalue weighted by Crippen LogP contribution is 2.28. The number of halogens is 1. The molecule has 1 aliphatic carbocycles. The van der Waals surface area contributed by atoms with E-state index >= 15 is 0 Å². The first-order chi connectivity index (χ1) is 9.19. The third kappa shape index (κ3) is 4.20. The Bertz CT molecular complexity index is 381. The number of rotatable bonds is 5. The summed E-state index contributed by atoms with van der Waals surface area (Å²) in [4.78, 5) is 0. The predicted octanol–water partition coefficient (Wildman–Crippen LogP) is 3.98. The van der Waals surface area contributed by atoms with Gasteiger partial charge in [-0.3, -0.25) is 0 Å². The molecule has 0 heterocycles. The van der Waals surface area contributed by atoms with Gasteiger partial charge in [0.15, 0.2) is 0 Å². The Hall–Kier alpha value is -1.09. The number of phenols is 1. The van der Waals surface area contributed by atoms with Crippen LogP contribution in [0.1, 0.15) is 51.0 Å². The maximum atomic E-state index is 13.2. The highest BCUT2D eigenvalue weighted by atomic mass is 19.1. The summed E-state index contributed by atoms with van der Waals surface area (Å²) < 4.78 is 13.2. The first-order valence-corrected chi connectivity index (χ1v) is 7.41. The van der Waals surface area contributed by atoms with Crippen LogP contribution in [0.25, 0.3) is 0 Å². The third-order valence-corrected chi connectivity index (χ3v) is 4.17. The van der Waals surface area contributed by atoms with E-state index in [1.54, 1.807) is 6.07 Å². The molecule has 3 heteroatoms. The number of benzene rings is 1. The molecule has 0 radical (unpaired) electrons. The van der Waals surface area contributed by atoms with Crippen molar-refractivity contribution in [1.82, 2.24) is 5.32 Å². The van der Waals surface area contributed by atoms with Gasteiger partial charge in [-0.2, -0.15) is 0 Å².